The minimum absolute atomic E-state index is 0.214. The highest BCUT2D eigenvalue weighted by molar-refractivity contribution is 9.10. The van der Waals surface area contributed by atoms with Crippen LogP contribution >= 0.6 is 55.1 Å². The van der Waals surface area contributed by atoms with Gasteiger partial charge in [0.05, 0.1) is 37.4 Å². The molecular weight excluding hydrogens is 521 g/mol. The topological polar surface area (TPSA) is 64.7 Å². The number of nitrogens with one attached hydrogen (secondary N) is 1. The summed E-state index contributed by atoms with van der Waals surface area (Å²) in [4.78, 5) is 12.6. The van der Waals surface area contributed by atoms with Crippen LogP contribution in [0.2, 0.25) is 10.0 Å². The fourth-order valence-electron chi connectivity index (χ4n) is 2.51. The number of rotatable bonds is 5. The molecule has 0 bridgehead atoms. The van der Waals surface area contributed by atoms with Crippen LogP contribution < -0.4 is 5.32 Å². The van der Waals surface area contributed by atoms with Crippen molar-refractivity contribution in [2.75, 3.05) is 5.32 Å². The van der Waals surface area contributed by atoms with E-state index in [1.807, 2.05) is 13.0 Å². The summed E-state index contributed by atoms with van der Waals surface area (Å²) < 4.78 is 4.90. The van der Waals surface area contributed by atoms with Crippen LogP contribution in [0.3, 0.4) is 0 Å². The van der Waals surface area contributed by atoms with E-state index in [0.717, 1.165) is 15.7 Å². The molecule has 1 atom stereocenters. The molecule has 3 aromatic rings. The molecule has 1 aromatic carbocycles. The van der Waals surface area contributed by atoms with Gasteiger partial charge in [0.15, 0.2) is 5.82 Å². The fraction of sp³-hybridized carbons (Fsp3) is 0.235. The Morgan fingerprint density at radius 3 is 2.63 bits per heavy atom. The van der Waals surface area contributed by atoms with Gasteiger partial charge in [-0.3, -0.25) is 14.2 Å². The highest BCUT2D eigenvalue weighted by Crippen LogP contribution is 2.25. The van der Waals surface area contributed by atoms with Gasteiger partial charge < -0.3 is 5.32 Å². The predicted octanol–water partition coefficient (Wildman–Crippen LogP) is 5.47. The van der Waals surface area contributed by atoms with Crippen molar-refractivity contribution in [2.45, 2.75) is 26.4 Å². The summed E-state index contributed by atoms with van der Waals surface area (Å²) in [6.07, 6.45) is 3.46. The number of halogens is 4. The Morgan fingerprint density at radius 2 is 2.00 bits per heavy atom. The summed E-state index contributed by atoms with van der Waals surface area (Å²) in [6.45, 7) is 4.16. The summed E-state index contributed by atoms with van der Waals surface area (Å²) in [5, 5.41) is 12.5. The third kappa shape index (κ3) is 4.56. The zero-order valence-corrected chi connectivity index (χ0v) is 19.1. The number of nitrogens with zero attached hydrogens (tertiary/aromatic N) is 4. The maximum absolute atomic E-state index is 12.6. The van der Waals surface area contributed by atoms with Crippen LogP contribution in [-0.4, -0.2) is 25.5 Å². The third-order valence-corrected chi connectivity index (χ3v) is 6.12. The van der Waals surface area contributed by atoms with Crippen LogP contribution in [0.15, 0.2) is 39.5 Å². The summed E-state index contributed by atoms with van der Waals surface area (Å²) in [6, 6.07) is 4.93. The summed E-state index contributed by atoms with van der Waals surface area (Å²) in [5.41, 5.74) is 1.82. The van der Waals surface area contributed by atoms with Gasteiger partial charge >= 0.3 is 0 Å². The second kappa shape index (κ2) is 8.34. The Bertz CT molecular complexity index is 1000. The normalized spacial score (nSPS) is 12.2. The van der Waals surface area contributed by atoms with Crippen molar-refractivity contribution in [2.24, 2.45) is 0 Å². The zero-order valence-electron chi connectivity index (χ0n) is 14.4. The van der Waals surface area contributed by atoms with Gasteiger partial charge in [0.2, 0.25) is 5.91 Å². The third-order valence-electron chi connectivity index (χ3n) is 4.02. The standard InChI is InChI=1S/C17H15Br2Cl2N5O/c1-9-12(18)6-22-26(9)10(2)17(27)23-16-13(19)8-25(24-16)7-11-3-4-14(20)15(21)5-11/h3-6,8,10H,7H2,1-2H3,(H,23,24,27). The van der Waals surface area contributed by atoms with Crippen LogP contribution in [0.5, 0.6) is 0 Å². The maximum Gasteiger partial charge on any atom is 0.250 e. The van der Waals surface area contributed by atoms with Gasteiger partial charge in [-0.2, -0.15) is 10.2 Å². The average molecular weight is 536 g/mol. The lowest BCUT2D eigenvalue weighted by Crippen LogP contribution is -2.25. The Labute approximate surface area is 183 Å². The lowest BCUT2D eigenvalue weighted by Gasteiger charge is -2.13. The molecule has 6 nitrogen and oxygen atoms in total. The molecule has 10 heteroatoms. The van der Waals surface area contributed by atoms with Gasteiger partial charge in [-0.15, -0.1) is 0 Å². The number of carbonyl (C=O) groups excluding carboxylic acids is 1. The fourth-order valence-corrected chi connectivity index (χ4v) is 3.52. The highest BCUT2D eigenvalue weighted by atomic mass is 79.9. The molecule has 1 unspecified atom stereocenters. The van der Waals surface area contributed by atoms with Crippen LogP contribution in [0.1, 0.15) is 24.2 Å². The number of hydrogen-bond acceptors (Lipinski definition) is 3. The van der Waals surface area contributed by atoms with Gasteiger partial charge in [0.1, 0.15) is 6.04 Å². The second-order valence-electron chi connectivity index (χ2n) is 5.96. The Hall–Kier alpha value is -1.35. The smallest absolute Gasteiger partial charge is 0.250 e. The van der Waals surface area contributed by atoms with Crippen molar-refractivity contribution < 1.29 is 4.79 Å². The molecule has 0 saturated heterocycles. The Kier molecular flexibility index (Phi) is 6.30. The minimum Gasteiger partial charge on any atom is -0.306 e. The van der Waals surface area contributed by atoms with Crippen LogP contribution in [0.25, 0.3) is 0 Å². The molecule has 3 rings (SSSR count). The predicted molar refractivity (Wildman–Crippen MR) is 113 cm³/mol. The van der Waals surface area contributed by atoms with E-state index < -0.39 is 6.04 Å². The lowest BCUT2D eigenvalue weighted by molar-refractivity contribution is -0.119. The molecule has 2 aromatic heterocycles. The molecule has 1 N–H and O–H groups in total. The van der Waals surface area contributed by atoms with Gasteiger partial charge in [-0.1, -0.05) is 29.3 Å². The largest absolute Gasteiger partial charge is 0.306 e. The molecule has 0 aliphatic rings. The molecule has 0 radical (unpaired) electrons. The van der Waals surface area contributed by atoms with Crippen molar-refractivity contribution >= 4 is 66.8 Å². The molecule has 142 valence electrons. The van der Waals surface area contributed by atoms with E-state index in [9.17, 15) is 4.79 Å². The first-order valence-corrected chi connectivity index (χ1v) is 10.3. The summed E-state index contributed by atoms with van der Waals surface area (Å²) in [7, 11) is 0. The van der Waals surface area contributed by atoms with Crippen LogP contribution in [-0.2, 0) is 11.3 Å². The van der Waals surface area contributed by atoms with Crippen LogP contribution in [0.4, 0.5) is 5.82 Å². The molecule has 1 amide bonds. The highest BCUT2D eigenvalue weighted by Gasteiger charge is 2.20. The van der Waals surface area contributed by atoms with E-state index in [0.29, 0.717) is 26.9 Å². The van der Waals surface area contributed by atoms with Crippen molar-refractivity contribution in [3.05, 3.63) is 60.8 Å². The van der Waals surface area contributed by atoms with Gasteiger partial charge in [0.25, 0.3) is 0 Å². The molecule has 0 aliphatic carbocycles. The van der Waals surface area contributed by atoms with E-state index in [1.54, 1.807) is 40.8 Å². The zero-order chi connectivity index (χ0) is 19.7. The second-order valence-corrected chi connectivity index (χ2v) is 8.48. The van der Waals surface area contributed by atoms with Crippen molar-refractivity contribution in [1.29, 1.82) is 0 Å². The van der Waals surface area contributed by atoms with Gasteiger partial charge in [-0.05, 0) is 63.4 Å². The van der Waals surface area contributed by atoms with E-state index >= 15 is 0 Å². The Morgan fingerprint density at radius 1 is 1.26 bits per heavy atom. The lowest BCUT2D eigenvalue weighted by atomic mass is 10.2. The number of hydrogen-bond donors (Lipinski definition) is 1. The Balaban J connectivity index is 1.73. The SMILES string of the molecule is Cc1c(Br)cnn1C(C)C(=O)Nc1nn(Cc2ccc(Cl)c(Cl)c2)cc1Br. The molecule has 0 saturated carbocycles. The van der Waals surface area contributed by atoms with E-state index in [4.69, 9.17) is 23.2 Å². The monoisotopic (exact) mass is 533 g/mol. The van der Waals surface area contributed by atoms with Crippen molar-refractivity contribution in [3.63, 3.8) is 0 Å². The molecule has 2 heterocycles. The van der Waals surface area contributed by atoms with E-state index in [1.165, 1.54) is 0 Å². The number of amides is 1. The van der Waals surface area contributed by atoms with E-state index in [-0.39, 0.29) is 5.91 Å². The first kappa shape index (κ1) is 20.4. The quantitative estimate of drug-likeness (QED) is 0.471. The summed E-state index contributed by atoms with van der Waals surface area (Å²) in [5.74, 6) is 0.227. The molecule has 0 fully saturated rings. The molecule has 0 aliphatic heterocycles. The number of benzene rings is 1. The molecule has 27 heavy (non-hydrogen) atoms. The van der Waals surface area contributed by atoms with Crippen molar-refractivity contribution in [1.82, 2.24) is 19.6 Å². The van der Waals surface area contributed by atoms with E-state index in [2.05, 4.69) is 47.4 Å². The number of carbonyl (C=O) groups is 1. The average Bonchev–Trinajstić information content (AvgIpc) is 3.13. The number of anilines is 1. The van der Waals surface area contributed by atoms with Gasteiger partial charge in [-0.25, -0.2) is 0 Å². The number of aromatic nitrogens is 4. The van der Waals surface area contributed by atoms with Crippen LogP contribution in [0, 0.1) is 6.92 Å². The molecular formula is C17H15Br2Cl2N5O. The first-order valence-electron chi connectivity index (χ1n) is 7.93. The van der Waals surface area contributed by atoms with Gasteiger partial charge in [0, 0.05) is 6.20 Å². The molecule has 0 spiro atoms. The minimum atomic E-state index is -0.483. The summed E-state index contributed by atoms with van der Waals surface area (Å²) >= 11 is 18.8. The maximum atomic E-state index is 12.6. The first-order chi connectivity index (χ1) is 12.8. The van der Waals surface area contributed by atoms with Crippen molar-refractivity contribution in [3.8, 4) is 0 Å².